The van der Waals surface area contributed by atoms with E-state index >= 15 is 0 Å². The second kappa shape index (κ2) is 9.80. The van der Waals surface area contributed by atoms with Gasteiger partial charge in [0.1, 0.15) is 6.54 Å². The average Bonchev–Trinajstić information content (AvgIpc) is 3.13. The fourth-order valence-corrected chi connectivity index (χ4v) is 6.07. The van der Waals surface area contributed by atoms with Crippen molar-refractivity contribution in [2.24, 2.45) is 0 Å². The maximum atomic E-state index is 13.4. The minimum atomic E-state index is -3.95. The van der Waals surface area contributed by atoms with Gasteiger partial charge in [0.2, 0.25) is 11.0 Å². The van der Waals surface area contributed by atoms with Gasteiger partial charge in [-0.3, -0.25) is 14.4 Å². The highest BCUT2D eigenvalue weighted by Crippen LogP contribution is 2.29. The van der Waals surface area contributed by atoms with Gasteiger partial charge >= 0.3 is 0 Å². The van der Waals surface area contributed by atoms with Crippen molar-refractivity contribution >= 4 is 49.8 Å². The van der Waals surface area contributed by atoms with Gasteiger partial charge < -0.3 is 0 Å². The van der Waals surface area contributed by atoms with Crippen molar-refractivity contribution < 1.29 is 13.2 Å². The van der Waals surface area contributed by atoms with E-state index < -0.39 is 15.9 Å². The smallest absolute Gasteiger partial charge is 0.264 e. The number of aryl methyl sites for hydroxylation is 2. The van der Waals surface area contributed by atoms with E-state index in [1.807, 2.05) is 39.8 Å². The van der Waals surface area contributed by atoms with Crippen molar-refractivity contribution in [3.8, 4) is 0 Å². The summed E-state index contributed by atoms with van der Waals surface area (Å²) in [6, 6.07) is 13.6. The molecule has 0 radical (unpaired) electrons. The Morgan fingerprint density at radius 2 is 1.61 bits per heavy atom. The van der Waals surface area contributed by atoms with Gasteiger partial charge in [0.25, 0.3) is 10.0 Å². The van der Waals surface area contributed by atoms with Gasteiger partial charge in [0.15, 0.2) is 4.34 Å². The van der Waals surface area contributed by atoms with Crippen LogP contribution in [0, 0.1) is 13.8 Å². The van der Waals surface area contributed by atoms with Crippen molar-refractivity contribution in [3.05, 3.63) is 59.7 Å². The van der Waals surface area contributed by atoms with Gasteiger partial charge in [-0.05, 0) is 38.1 Å². The lowest BCUT2D eigenvalue weighted by Crippen LogP contribution is -2.38. The molecule has 0 aliphatic carbocycles. The summed E-state index contributed by atoms with van der Waals surface area (Å²) < 4.78 is 28.6. The molecule has 0 atom stereocenters. The van der Waals surface area contributed by atoms with E-state index in [9.17, 15) is 13.2 Å². The van der Waals surface area contributed by atoms with E-state index in [-0.39, 0.29) is 11.4 Å². The highest BCUT2D eigenvalue weighted by atomic mass is 32.2. The van der Waals surface area contributed by atoms with Gasteiger partial charge in [-0.15, -0.1) is 10.2 Å². The van der Waals surface area contributed by atoms with Gasteiger partial charge in [0, 0.05) is 5.25 Å². The van der Waals surface area contributed by atoms with E-state index in [1.54, 1.807) is 48.2 Å². The molecule has 1 N–H and O–H groups in total. The van der Waals surface area contributed by atoms with E-state index in [0.29, 0.717) is 16.1 Å². The number of nitrogens with one attached hydrogen (secondary N) is 1. The molecule has 1 heterocycles. The number of amides is 1. The van der Waals surface area contributed by atoms with E-state index in [1.165, 1.54) is 11.3 Å². The molecule has 0 bridgehead atoms. The minimum absolute atomic E-state index is 0.123. The molecule has 3 aromatic rings. The Kier molecular flexibility index (Phi) is 7.34. The molecule has 0 aliphatic rings. The summed E-state index contributed by atoms with van der Waals surface area (Å²) in [6.07, 6.45) is 0. The van der Waals surface area contributed by atoms with Crippen LogP contribution in [-0.2, 0) is 14.8 Å². The van der Waals surface area contributed by atoms with Crippen LogP contribution in [0.3, 0.4) is 0 Å². The third kappa shape index (κ3) is 6.05. The summed E-state index contributed by atoms with van der Waals surface area (Å²) >= 11 is 2.81. The number of carbonyl (C=O) groups is 1. The maximum absolute atomic E-state index is 13.4. The first-order chi connectivity index (χ1) is 14.6. The molecule has 0 fully saturated rings. The quantitative estimate of drug-likeness (QED) is 0.380. The molecular formula is C21H24N4O3S3. The standard InChI is InChI=1S/C21H24N4O3S3/c1-14(2)29-21-24-23-20(30-21)22-19(26)13-25(17-9-5-15(3)6-10-17)31(27,28)18-11-7-16(4)8-12-18/h5-12,14H,13H2,1-4H3,(H,22,23,26). The van der Waals surface area contributed by atoms with Crippen LogP contribution in [0.2, 0.25) is 0 Å². The lowest BCUT2D eigenvalue weighted by molar-refractivity contribution is -0.114. The second-order valence-electron chi connectivity index (χ2n) is 7.25. The first-order valence-electron chi connectivity index (χ1n) is 9.61. The number of hydrogen-bond donors (Lipinski definition) is 1. The monoisotopic (exact) mass is 476 g/mol. The Morgan fingerprint density at radius 1 is 1.03 bits per heavy atom. The van der Waals surface area contributed by atoms with Gasteiger partial charge in [0.05, 0.1) is 10.6 Å². The van der Waals surface area contributed by atoms with E-state index in [4.69, 9.17) is 0 Å². The first-order valence-corrected chi connectivity index (χ1v) is 12.7. The SMILES string of the molecule is Cc1ccc(N(CC(=O)Nc2nnc(SC(C)C)s2)S(=O)(=O)c2ccc(C)cc2)cc1. The largest absolute Gasteiger partial charge is 0.299 e. The number of nitrogens with zero attached hydrogens (tertiary/aromatic N) is 3. The number of aromatic nitrogens is 2. The summed E-state index contributed by atoms with van der Waals surface area (Å²) in [5.41, 5.74) is 2.35. The zero-order chi connectivity index (χ0) is 22.6. The predicted octanol–water partition coefficient (Wildman–Crippen LogP) is 4.49. The van der Waals surface area contributed by atoms with Crippen molar-refractivity contribution in [2.45, 2.75) is 42.2 Å². The lowest BCUT2D eigenvalue weighted by atomic mass is 10.2. The molecule has 2 aromatic carbocycles. The maximum Gasteiger partial charge on any atom is 0.264 e. The molecule has 31 heavy (non-hydrogen) atoms. The van der Waals surface area contributed by atoms with Crippen LogP contribution < -0.4 is 9.62 Å². The van der Waals surface area contributed by atoms with Crippen molar-refractivity contribution in [2.75, 3.05) is 16.2 Å². The summed E-state index contributed by atoms with van der Waals surface area (Å²) in [7, 11) is -3.95. The molecule has 0 aliphatic heterocycles. The predicted molar refractivity (Wildman–Crippen MR) is 126 cm³/mol. The zero-order valence-corrected chi connectivity index (χ0v) is 20.1. The molecule has 0 spiro atoms. The Bertz CT molecular complexity index is 1140. The Hall–Kier alpha value is -2.43. The molecule has 3 rings (SSSR count). The van der Waals surface area contributed by atoms with E-state index in [0.717, 1.165) is 19.8 Å². The summed E-state index contributed by atoms with van der Waals surface area (Å²) in [6.45, 7) is 7.50. The molecule has 0 saturated heterocycles. The summed E-state index contributed by atoms with van der Waals surface area (Å²) in [5, 5.41) is 11.4. The van der Waals surface area contributed by atoms with E-state index in [2.05, 4.69) is 15.5 Å². The van der Waals surface area contributed by atoms with Crippen molar-refractivity contribution in [3.63, 3.8) is 0 Å². The minimum Gasteiger partial charge on any atom is -0.299 e. The summed E-state index contributed by atoms with van der Waals surface area (Å²) in [4.78, 5) is 12.9. The third-order valence-corrected chi connectivity index (χ3v) is 7.92. The Labute approximate surface area is 191 Å². The van der Waals surface area contributed by atoms with Crippen molar-refractivity contribution in [1.82, 2.24) is 10.2 Å². The van der Waals surface area contributed by atoms with Crippen LogP contribution >= 0.6 is 23.1 Å². The molecular weight excluding hydrogens is 452 g/mol. The fourth-order valence-electron chi connectivity index (χ4n) is 2.66. The zero-order valence-electron chi connectivity index (χ0n) is 17.7. The third-order valence-electron chi connectivity index (χ3n) is 4.21. The number of sulfonamides is 1. The molecule has 1 aromatic heterocycles. The van der Waals surface area contributed by atoms with Crippen LogP contribution in [0.15, 0.2) is 57.8 Å². The van der Waals surface area contributed by atoms with Crippen LogP contribution in [0.1, 0.15) is 25.0 Å². The molecule has 7 nitrogen and oxygen atoms in total. The summed E-state index contributed by atoms with van der Waals surface area (Å²) in [5.74, 6) is -0.492. The second-order valence-corrected chi connectivity index (χ2v) is 11.9. The van der Waals surface area contributed by atoms with Crippen molar-refractivity contribution in [1.29, 1.82) is 0 Å². The number of carbonyl (C=O) groups excluding carboxylic acids is 1. The number of rotatable bonds is 8. The number of hydrogen-bond acceptors (Lipinski definition) is 7. The first kappa shape index (κ1) is 23.2. The average molecular weight is 477 g/mol. The normalized spacial score (nSPS) is 11.5. The molecule has 0 saturated carbocycles. The number of benzene rings is 2. The van der Waals surface area contributed by atoms with Gasteiger partial charge in [-0.2, -0.15) is 0 Å². The topological polar surface area (TPSA) is 92.3 Å². The van der Waals surface area contributed by atoms with Gasteiger partial charge in [-0.25, -0.2) is 8.42 Å². The van der Waals surface area contributed by atoms with Crippen LogP contribution in [0.4, 0.5) is 10.8 Å². The highest BCUT2D eigenvalue weighted by molar-refractivity contribution is 8.01. The Morgan fingerprint density at radius 3 is 2.19 bits per heavy atom. The van der Waals surface area contributed by atoms with Crippen LogP contribution in [0.25, 0.3) is 0 Å². The Balaban J connectivity index is 1.86. The molecule has 0 unspecified atom stereocenters. The molecule has 164 valence electrons. The molecule has 1 amide bonds. The van der Waals surface area contributed by atoms with Crippen LogP contribution in [-0.4, -0.2) is 36.3 Å². The molecule has 10 heteroatoms. The van der Waals surface area contributed by atoms with Crippen LogP contribution in [0.5, 0.6) is 0 Å². The highest BCUT2D eigenvalue weighted by Gasteiger charge is 2.27. The lowest BCUT2D eigenvalue weighted by Gasteiger charge is -2.24. The van der Waals surface area contributed by atoms with Gasteiger partial charge in [-0.1, -0.05) is 72.3 Å². The number of anilines is 2. The fraction of sp³-hybridized carbons (Fsp3) is 0.286. The number of thioether (sulfide) groups is 1.